The molecule has 0 spiro atoms. The van der Waals surface area contributed by atoms with Crippen LogP contribution in [0.25, 0.3) is 0 Å². The van der Waals surface area contributed by atoms with Gasteiger partial charge in [0.2, 0.25) is 0 Å². The molecule has 0 saturated carbocycles. The third-order valence-electron chi connectivity index (χ3n) is 4.94. The quantitative estimate of drug-likeness (QED) is 0.291. The zero-order valence-electron chi connectivity index (χ0n) is 17.8. The maximum atomic E-state index is 12.5. The van der Waals surface area contributed by atoms with E-state index in [-0.39, 0.29) is 22.8 Å². The van der Waals surface area contributed by atoms with Gasteiger partial charge < -0.3 is 9.47 Å². The van der Waals surface area contributed by atoms with Crippen LogP contribution in [0.3, 0.4) is 0 Å². The van der Waals surface area contributed by atoms with E-state index in [1.165, 1.54) is 25.1 Å². The summed E-state index contributed by atoms with van der Waals surface area (Å²) in [6, 6.07) is 18.6. The topological polar surface area (TPSA) is 69.7 Å². The highest BCUT2D eigenvalue weighted by Gasteiger charge is 2.17. The highest BCUT2D eigenvalue weighted by molar-refractivity contribution is 5.99. The number of benzene rings is 3. The summed E-state index contributed by atoms with van der Waals surface area (Å²) in [5.74, 6) is -1.09. The Morgan fingerprint density at radius 3 is 1.61 bits per heavy atom. The van der Waals surface area contributed by atoms with Gasteiger partial charge in [-0.3, -0.25) is 4.79 Å². The number of carbonyl (C=O) groups is 3. The largest absolute Gasteiger partial charge is 0.423 e. The van der Waals surface area contributed by atoms with E-state index in [9.17, 15) is 14.4 Å². The molecule has 0 bridgehead atoms. The monoisotopic (exact) mass is 416 g/mol. The number of ether oxygens (including phenoxy) is 2. The summed E-state index contributed by atoms with van der Waals surface area (Å²) >= 11 is 0. The molecule has 31 heavy (non-hydrogen) atoms. The van der Waals surface area contributed by atoms with Crippen molar-refractivity contribution in [1.29, 1.82) is 0 Å². The molecule has 5 heteroatoms. The predicted octanol–water partition coefficient (Wildman–Crippen LogP) is 5.45. The first-order chi connectivity index (χ1) is 14.9. The van der Waals surface area contributed by atoms with Gasteiger partial charge in [0.25, 0.3) is 0 Å². The van der Waals surface area contributed by atoms with Crippen LogP contribution in [0.15, 0.2) is 66.7 Å². The molecule has 3 aromatic rings. The molecule has 0 aliphatic rings. The Balaban J connectivity index is 1.77. The average molecular weight is 416 g/mol. The van der Waals surface area contributed by atoms with E-state index in [4.69, 9.17) is 9.47 Å². The van der Waals surface area contributed by atoms with Gasteiger partial charge in [-0.1, -0.05) is 38.1 Å². The molecular weight excluding hydrogens is 392 g/mol. The third-order valence-corrected chi connectivity index (χ3v) is 4.94. The van der Waals surface area contributed by atoms with Gasteiger partial charge in [0.05, 0.1) is 16.7 Å². The van der Waals surface area contributed by atoms with Crippen molar-refractivity contribution < 1.29 is 23.9 Å². The number of Topliss-reactive ketones (excluding diaryl/α,β-unsaturated/α-hetero) is 1. The van der Waals surface area contributed by atoms with Crippen LogP contribution in [0.5, 0.6) is 11.5 Å². The summed E-state index contributed by atoms with van der Waals surface area (Å²) in [4.78, 5) is 37.0. The van der Waals surface area contributed by atoms with Crippen molar-refractivity contribution in [2.75, 3.05) is 0 Å². The summed E-state index contributed by atoms with van der Waals surface area (Å²) in [6.45, 7) is 5.42. The van der Waals surface area contributed by atoms with Crippen molar-refractivity contribution in [1.82, 2.24) is 0 Å². The molecule has 158 valence electrons. The fourth-order valence-corrected chi connectivity index (χ4v) is 3.01. The predicted molar refractivity (Wildman–Crippen MR) is 118 cm³/mol. The highest BCUT2D eigenvalue weighted by atomic mass is 16.5. The minimum Gasteiger partial charge on any atom is -0.423 e. The minimum atomic E-state index is -0.564. The first-order valence-electron chi connectivity index (χ1n) is 10.2. The Hall–Kier alpha value is -3.73. The van der Waals surface area contributed by atoms with Gasteiger partial charge in [-0.25, -0.2) is 9.59 Å². The van der Waals surface area contributed by atoms with Crippen LogP contribution >= 0.6 is 0 Å². The van der Waals surface area contributed by atoms with Crippen molar-refractivity contribution in [3.05, 3.63) is 94.5 Å². The highest BCUT2D eigenvalue weighted by Crippen LogP contribution is 2.26. The van der Waals surface area contributed by atoms with Crippen LogP contribution in [0.2, 0.25) is 0 Å². The van der Waals surface area contributed by atoms with E-state index in [0.29, 0.717) is 11.1 Å². The van der Waals surface area contributed by atoms with E-state index in [0.717, 1.165) is 24.0 Å². The lowest BCUT2D eigenvalue weighted by Crippen LogP contribution is -2.12. The molecule has 0 fully saturated rings. The number of esters is 2. The average Bonchev–Trinajstić information content (AvgIpc) is 2.79. The molecule has 0 aliphatic heterocycles. The first-order valence-corrected chi connectivity index (χ1v) is 10.2. The molecule has 0 N–H and O–H groups in total. The lowest BCUT2D eigenvalue weighted by molar-refractivity contribution is 0.0716. The van der Waals surface area contributed by atoms with Crippen molar-refractivity contribution in [3.8, 4) is 11.5 Å². The third kappa shape index (κ3) is 5.45. The maximum Gasteiger partial charge on any atom is 0.343 e. The second-order valence-corrected chi connectivity index (χ2v) is 7.09. The van der Waals surface area contributed by atoms with Gasteiger partial charge in [0.15, 0.2) is 5.78 Å². The van der Waals surface area contributed by atoms with Gasteiger partial charge in [-0.2, -0.15) is 0 Å². The Morgan fingerprint density at radius 2 is 1.16 bits per heavy atom. The fraction of sp³-hybridized carbons (Fsp3) is 0.192. The van der Waals surface area contributed by atoms with Crippen molar-refractivity contribution in [2.45, 2.75) is 33.6 Å². The SMILES string of the molecule is CCc1ccc(C(=O)Oc2ccc(OC(=O)c3ccc(CC)cc3)c(C(C)=O)c2)cc1. The normalized spacial score (nSPS) is 10.4. The van der Waals surface area contributed by atoms with Gasteiger partial charge in [0, 0.05) is 0 Å². The molecule has 0 heterocycles. The number of carbonyl (C=O) groups excluding carboxylic acids is 3. The number of hydrogen-bond acceptors (Lipinski definition) is 5. The summed E-state index contributed by atoms with van der Waals surface area (Å²) in [6.07, 6.45) is 1.74. The number of rotatable bonds is 7. The molecule has 0 saturated heterocycles. The van der Waals surface area contributed by atoms with E-state index < -0.39 is 11.9 Å². The Bertz CT molecular complexity index is 1100. The molecule has 3 rings (SSSR count). The molecule has 0 amide bonds. The number of aryl methyl sites for hydroxylation is 2. The van der Waals surface area contributed by atoms with Crippen molar-refractivity contribution >= 4 is 17.7 Å². The van der Waals surface area contributed by atoms with E-state index in [1.54, 1.807) is 24.3 Å². The van der Waals surface area contributed by atoms with Gasteiger partial charge >= 0.3 is 11.9 Å². The summed E-state index contributed by atoms with van der Waals surface area (Å²) in [5, 5.41) is 0. The second kappa shape index (κ2) is 9.85. The van der Waals surface area contributed by atoms with Crippen LogP contribution < -0.4 is 9.47 Å². The Labute approximate surface area is 181 Å². The minimum absolute atomic E-state index is 0.115. The second-order valence-electron chi connectivity index (χ2n) is 7.09. The fourth-order valence-electron chi connectivity index (χ4n) is 3.01. The number of ketones is 1. The lowest BCUT2D eigenvalue weighted by Gasteiger charge is -2.11. The van der Waals surface area contributed by atoms with E-state index in [2.05, 4.69) is 0 Å². The smallest absolute Gasteiger partial charge is 0.343 e. The Kier molecular flexibility index (Phi) is 6.98. The summed E-state index contributed by atoms with van der Waals surface area (Å²) in [5.41, 5.74) is 3.18. The van der Waals surface area contributed by atoms with Crippen LogP contribution in [0, 0.1) is 0 Å². The van der Waals surface area contributed by atoms with Crippen LogP contribution in [-0.4, -0.2) is 17.7 Å². The van der Waals surface area contributed by atoms with Crippen molar-refractivity contribution in [3.63, 3.8) is 0 Å². The van der Waals surface area contributed by atoms with E-state index in [1.807, 2.05) is 38.1 Å². The zero-order valence-corrected chi connectivity index (χ0v) is 17.8. The zero-order chi connectivity index (χ0) is 22.4. The molecule has 0 atom stereocenters. The molecule has 0 aromatic heterocycles. The van der Waals surface area contributed by atoms with Gasteiger partial charge in [-0.15, -0.1) is 0 Å². The van der Waals surface area contributed by atoms with Crippen LogP contribution in [0.4, 0.5) is 0 Å². The standard InChI is InChI=1S/C26H24O5/c1-4-18-6-10-20(11-7-18)25(28)30-22-14-15-24(23(16-22)17(3)27)31-26(29)21-12-8-19(5-2)9-13-21/h6-16H,4-5H2,1-3H3. The van der Waals surface area contributed by atoms with E-state index >= 15 is 0 Å². The molecule has 0 aliphatic carbocycles. The van der Waals surface area contributed by atoms with Crippen molar-refractivity contribution in [2.24, 2.45) is 0 Å². The first kappa shape index (κ1) is 22.0. The molecule has 0 unspecified atom stereocenters. The lowest BCUT2D eigenvalue weighted by atomic mass is 10.1. The number of hydrogen-bond donors (Lipinski definition) is 0. The summed E-state index contributed by atoms with van der Waals surface area (Å²) < 4.78 is 10.8. The summed E-state index contributed by atoms with van der Waals surface area (Å²) in [7, 11) is 0. The van der Waals surface area contributed by atoms with Crippen LogP contribution in [0.1, 0.15) is 63.0 Å². The van der Waals surface area contributed by atoms with Gasteiger partial charge in [-0.05, 0) is 73.4 Å². The van der Waals surface area contributed by atoms with Gasteiger partial charge in [0.1, 0.15) is 11.5 Å². The Morgan fingerprint density at radius 1 is 0.677 bits per heavy atom. The molecule has 3 aromatic carbocycles. The van der Waals surface area contributed by atoms with Crippen LogP contribution in [-0.2, 0) is 12.8 Å². The molecule has 0 radical (unpaired) electrons. The molecule has 5 nitrogen and oxygen atoms in total. The maximum absolute atomic E-state index is 12.5. The molecular formula is C26H24O5.